The summed E-state index contributed by atoms with van der Waals surface area (Å²) in [6.07, 6.45) is 4.34. The van der Waals surface area contributed by atoms with Crippen molar-refractivity contribution in [2.75, 3.05) is 52.9 Å². The molecule has 9 nitrogen and oxygen atoms in total. The molecular formula is C22H33N3O6. The van der Waals surface area contributed by atoms with Crippen LogP contribution in [0.2, 0.25) is 0 Å². The molecule has 2 N–H and O–H groups in total. The van der Waals surface area contributed by atoms with Gasteiger partial charge >= 0.3 is 6.03 Å². The van der Waals surface area contributed by atoms with Gasteiger partial charge in [0.1, 0.15) is 0 Å². The maximum absolute atomic E-state index is 12.7. The minimum atomic E-state index is -0.185. The SMILES string of the molecule is COc1cc(NC(=O)N2CCC(CC(=O)NC[C@@H]3CCCO3)CC2)cc(OC)c1OC. The average Bonchev–Trinajstić information content (AvgIpc) is 3.31. The normalized spacial score (nSPS) is 19.1. The topological polar surface area (TPSA) is 98.4 Å². The van der Waals surface area contributed by atoms with Crippen molar-refractivity contribution >= 4 is 17.6 Å². The highest BCUT2D eigenvalue weighted by Crippen LogP contribution is 2.40. The van der Waals surface area contributed by atoms with E-state index in [4.69, 9.17) is 18.9 Å². The minimum absolute atomic E-state index is 0.0656. The number of amides is 3. The summed E-state index contributed by atoms with van der Waals surface area (Å²) in [5, 5.41) is 5.88. The molecule has 2 aliphatic rings. The number of carbonyl (C=O) groups is 2. The molecule has 0 saturated carbocycles. The number of likely N-dealkylation sites (tertiary alicyclic amines) is 1. The standard InChI is InChI=1S/C22H33N3O6/c1-28-18-12-16(13-19(29-2)21(18)30-3)24-22(27)25-8-6-15(7-9-25)11-20(26)23-14-17-5-4-10-31-17/h12-13,15,17H,4-11,14H2,1-3H3,(H,23,26)(H,24,27)/t17-/m0/s1. The third-order valence-electron chi connectivity index (χ3n) is 5.84. The van der Waals surface area contributed by atoms with E-state index in [9.17, 15) is 9.59 Å². The third-order valence-corrected chi connectivity index (χ3v) is 5.84. The van der Waals surface area contributed by atoms with E-state index in [0.29, 0.717) is 49.0 Å². The van der Waals surface area contributed by atoms with Crippen LogP contribution in [0.1, 0.15) is 32.1 Å². The Hall–Kier alpha value is -2.68. The van der Waals surface area contributed by atoms with Crippen LogP contribution < -0.4 is 24.8 Å². The number of nitrogens with zero attached hydrogens (tertiary/aromatic N) is 1. The van der Waals surface area contributed by atoms with Crippen LogP contribution in [0.3, 0.4) is 0 Å². The first-order valence-electron chi connectivity index (χ1n) is 10.8. The molecule has 0 bridgehead atoms. The number of urea groups is 1. The van der Waals surface area contributed by atoms with E-state index in [1.165, 1.54) is 21.3 Å². The van der Waals surface area contributed by atoms with Crippen molar-refractivity contribution in [1.29, 1.82) is 0 Å². The highest BCUT2D eigenvalue weighted by Gasteiger charge is 2.25. The van der Waals surface area contributed by atoms with Gasteiger partial charge in [0.2, 0.25) is 11.7 Å². The van der Waals surface area contributed by atoms with Crippen LogP contribution in [0.15, 0.2) is 12.1 Å². The summed E-state index contributed by atoms with van der Waals surface area (Å²) in [7, 11) is 4.60. The number of anilines is 1. The van der Waals surface area contributed by atoms with E-state index in [1.807, 2.05) is 0 Å². The smallest absolute Gasteiger partial charge is 0.321 e. The van der Waals surface area contributed by atoms with E-state index in [2.05, 4.69) is 10.6 Å². The zero-order valence-electron chi connectivity index (χ0n) is 18.6. The number of nitrogens with one attached hydrogen (secondary N) is 2. The Morgan fingerprint density at radius 1 is 1.06 bits per heavy atom. The number of carbonyl (C=O) groups excluding carboxylic acids is 2. The molecule has 0 radical (unpaired) electrons. The highest BCUT2D eigenvalue weighted by molar-refractivity contribution is 5.90. The molecule has 0 aromatic heterocycles. The summed E-state index contributed by atoms with van der Waals surface area (Å²) in [6.45, 7) is 2.60. The van der Waals surface area contributed by atoms with Crippen molar-refractivity contribution in [2.45, 2.75) is 38.2 Å². The van der Waals surface area contributed by atoms with Crippen LogP contribution in [0.4, 0.5) is 10.5 Å². The van der Waals surface area contributed by atoms with Crippen LogP contribution in [0.5, 0.6) is 17.2 Å². The van der Waals surface area contributed by atoms with Crippen LogP contribution >= 0.6 is 0 Å². The molecule has 0 unspecified atom stereocenters. The summed E-state index contributed by atoms with van der Waals surface area (Å²) < 4.78 is 21.5. The van der Waals surface area contributed by atoms with Crippen LogP contribution in [0.25, 0.3) is 0 Å². The largest absolute Gasteiger partial charge is 0.493 e. The molecule has 0 spiro atoms. The zero-order valence-corrected chi connectivity index (χ0v) is 18.6. The quantitative estimate of drug-likeness (QED) is 0.651. The molecule has 1 aromatic carbocycles. The number of piperidine rings is 1. The van der Waals surface area contributed by atoms with E-state index in [-0.39, 0.29) is 24.0 Å². The highest BCUT2D eigenvalue weighted by atomic mass is 16.5. The molecule has 9 heteroatoms. The van der Waals surface area contributed by atoms with Crippen LogP contribution in [0, 0.1) is 5.92 Å². The van der Waals surface area contributed by atoms with Crippen molar-refractivity contribution in [3.05, 3.63) is 12.1 Å². The maximum Gasteiger partial charge on any atom is 0.321 e. The summed E-state index contributed by atoms with van der Waals surface area (Å²) in [4.78, 5) is 26.7. The van der Waals surface area contributed by atoms with Crippen molar-refractivity contribution in [2.24, 2.45) is 5.92 Å². The lowest BCUT2D eigenvalue weighted by Gasteiger charge is -2.32. The molecule has 3 amide bonds. The third kappa shape index (κ3) is 6.16. The van der Waals surface area contributed by atoms with Crippen LogP contribution in [-0.2, 0) is 9.53 Å². The summed E-state index contributed by atoms with van der Waals surface area (Å²) in [6, 6.07) is 3.21. The molecule has 2 fully saturated rings. The van der Waals surface area contributed by atoms with Crippen molar-refractivity contribution in [3.8, 4) is 17.2 Å². The van der Waals surface area contributed by atoms with Gasteiger partial charge in [-0.2, -0.15) is 0 Å². The molecule has 2 aliphatic heterocycles. The predicted molar refractivity (Wildman–Crippen MR) is 116 cm³/mol. The monoisotopic (exact) mass is 435 g/mol. The van der Waals surface area contributed by atoms with Gasteiger partial charge in [0.25, 0.3) is 0 Å². The fourth-order valence-corrected chi connectivity index (χ4v) is 4.06. The molecule has 1 atom stereocenters. The van der Waals surface area contributed by atoms with Gasteiger partial charge in [0.15, 0.2) is 11.5 Å². The Kier molecular flexibility index (Phi) is 8.22. The molecule has 2 heterocycles. The second-order valence-corrected chi connectivity index (χ2v) is 7.92. The fourth-order valence-electron chi connectivity index (χ4n) is 4.06. The molecule has 3 rings (SSSR count). The second-order valence-electron chi connectivity index (χ2n) is 7.92. The fraction of sp³-hybridized carbons (Fsp3) is 0.636. The summed E-state index contributed by atoms with van der Waals surface area (Å²) in [5.41, 5.74) is 0.565. The van der Waals surface area contributed by atoms with E-state index in [0.717, 1.165) is 32.3 Å². The molecule has 31 heavy (non-hydrogen) atoms. The molecule has 0 aliphatic carbocycles. The minimum Gasteiger partial charge on any atom is -0.493 e. The first-order valence-corrected chi connectivity index (χ1v) is 10.8. The lowest BCUT2D eigenvalue weighted by atomic mass is 9.93. The van der Waals surface area contributed by atoms with Gasteiger partial charge in [-0.1, -0.05) is 0 Å². The van der Waals surface area contributed by atoms with Gasteiger partial charge in [-0.25, -0.2) is 4.79 Å². The summed E-state index contributed by atoms with van der Waals surface area (Å²) in [5.74, 6) is 1.78. The Labute approximate surface area is 183 Å². The first kappa shape index (κ1) is 23.0. The number of methoxy groups -OCH3 is 3. The van der Waals surface area contributed by atoms with Gasteiger partial charge in [-0.15, -0.1) is 0 Å². The van der Waals surface area contributed by atoms with Crippen LogP contribution in [-0.4, -0.2) is 70.5 Å². The van der Waals surface area contributed by atoms with Gasteiger partial charge in [0.05, 0.1) is 33.1 Å². The molecule has 1 aromatic rings. The van der Waals surface area contributed by atoms with Crippen molar-refractivity contribution in [3.63, 3.8) is 0 Å². The van der Waals surface area contributed by atoms with Gasteiger partial charge in [-0.3, -0.25) is 4.79 Å². The average molecular weight is 436 g/mol. The number of hydrogen-bond donors (Lipinski definition) is 2. The van der Waals surface area contributed by atoms with Gasteiger partial charge in [0, 0.05) is 44.8 Å². The second kappa shape index (κ2) is 11.1. The Balaban J connectivity index is 1.46. The Bertz CT molecular complexity index is 733. The predicted octanol–water partition coefficient (Wildman–Crippen LogP) is 2.64. The number of ether oxygens (including phenoxy) is 4. The number of benzene rings is 1. The van der Waals surface area contributed by atoms with Gasteiger partial charge in [-0.05, 0) is 31.6 Å². The molecular weight excluding hydrogens is 402 g/mol. The maximum atomic E-state index is 12.7. The molecule has 2 saturated heterocycles. The lowest BCUT2D eigenvalue weighted by Crippen LogP contribution is -2.42. The first-order chi connectivity index (χ1) is 15.0. The van der Waals surface area contributed by atoms with Gasteiger partial charge < -0.3 is 34.5 Å². The van der Waals surface area contributed by atoms with E-state index >= 15 is 0 Å². The van der Waals surface area contributed by atoms with Crippen molar-refractivity contribution in [1.82, 2.24) is 10.2 Å². The number of hydrogen-bond acceptors (Lipinski definition) is 6. The summed E-state index contributed by atoms with van der Waals surface area (Å²) >= 11 is 0. The molecule has 172 valence electrons. The lowest BCUT2D eigenvalue weighted by molar-refractivity contribution is -0.122. The van der Waals surface area contributed by atoms with E-state index < -0.39 is 0 Å². The van der Waals surface area contributed by atoms with Crippen molar-refractivity contribution < 1.29 is 28.5 Å². The Morgan fingerprint density at radius 3 is 2.29 bits per heavy atom. The van der Waals surface area contributed by atoms with E-state index in [1.54, 1.807) is 17.0 Å². The number of rotatable bonds is 8. The zero-order chi connectivity index (χ0) is 22.2. The Morgan fingerprint density at radius 2 is 1.74 bits per heavy atom.